The maximum atomic E-state index is 8.26. The number of benzene rings is 8. The van der Waals surface area contributed by atoms with Crippen LogP contribution in [0.2, 0.25) is 0 Å². The standard InChI is InChI=1S/C50H29N5/c1-51-33-27-30-40-38-15-5-10-23-46(38)55(48(40)31-33)49-35(17-11-19-42(49)52-2)32-25-28-34(29-26-32)53-43-20-7-6-16-39(43)41-18-12-24-47(50(41)53)54-44-21-8-3-13-36(44)37-14-4-9-22-45(37)54/h3-31H. The zero-order chi connectivity index (χ0) is 36.6. The van der Waals surface area contributed by atoms with Crippen LogP contribution in [0, 0.1) is 13.1 Å². The van der Waals surface area contributed by atoms with Gasteiger partial charge in [0, 0.05) is 43.5 Å². The van der Waals surface area contributed by atoms with Crippen LogP contribution in [0.25, 0.3) is 103 Å². The predicted octanol–water partition coefficient (Wildman–Crippen LogP) is 13.7. The number of para-hydroxylation sites is 6. The molecule has 5 heteroatoms. The average molecular weight is 700 g/mol. The van der Waals surface area contributed by atoms with Crippen LogP contribution in [0.3, 0.4) is 0 Å². The molecule has 0 aliphatic rings. The van der Waals surface area contributed by atoms with Gasteiger partial charge < -0.3 is 13.7 Å². The summed E-state index contributed by atoms with van der Waals surface area (Å²) >= 11 is 0. The molecular weight excluding hydrogens is 671 g/mol. The van der Waals surface area contributed by atoms with Gasteiger partial charge in [-0.25, -0.2) is 9.69 Å². The number of fused-ring (bicyclic) bond motifs is 9. The van der Waals surface area contributed by atoms with E-state index in [2.05, 4.69) is 157 Å². The molecule has 0 aliphatic carbocycles. The molecule has 0 aliphatic heterocycles. The zero-order valence-corrected chi connectivity index (χ0v) is 29.5. The van der Waals surface area contributed by atoms with Crippen LogP contribution in [-0.2, 0) is 0 Å². The molecule has 3 heterocycles. The van der Waals surface area contributed by atoms with E-state index in [1.54, 1.807) is 0 Å². The summed E-state index contributed by atoms with van der Waals surface area (Å²) in [6.07, 6.45) is 0. The van der Waals surface area contributed by atoms with E-state index in [4.69, 9.17) is 13.1 Å². The first-order chi connectivity index (χ1) is 27.2. The number of rotatable bonds is 4. The normalized spacial score (nSPS) is 11.6. The van der Waals surface area contributed by atoms with Crippen molar-refractivity contribution in [3.63, 3.8) is 0 Å². The largest absolute Gasteiger partial charge is 0.320 e. The fourth-order valence-corrected chi connectivity index (χ4v) is 8.78. The van der Waals surface area contributed by atoms with Crippen LogP contribution in [0.1, 0.15) is 0 Å². The van der Waals surface area contributed by atoms with Gasteiger partial charge in [0.15, 0.2) is 5.69 Å². The van der Waals surface area contributed by atoms with Crippen molar-refractivity contribution in [3.8, 4) is 28.2 Å². The Morgan fingerprint density at radius 2 is 0.909 bits per heavy atom. The molecule has 0 amide bonds. The molecule has 11 rings (SSSR count). The van der Waals surface area contributed by atoms with Gasteiger partial charge in [-0.15, -0.1) is 0 Å². The molecule has 55 heavy (non-hydrogen) atoms. The molecule has 254 valence electrons. The number of hydrogen-bond donors (Lipinski definition) is 0. The predicted molar refractivity (Wildman–Crippen MR) is 227 cm³/mol. The third kappa shape index (κ3) is 4.39. The topological polar surface area (TPSA) is 23.5 Å². The molecule has 11 aromatic rings. The van der Waals surface area contributed by atoms with Crippen molar-refractivity contribution in [2.75, 3.05) is 0 Å². The zero-order valence-electron chi connectivity index (χ0n) is 29.5. The molecule has 0 N–H and O–H groups in total. The Labute approximate surface area is 316 Å². The van der Waals surface area contributed by atoms with E-state index in [1.165, 1.54) is 32.6 Å². The highest BCUT2D eigenvalue weighted by molar-refractivity contribution is 6.15. The highest BCUT2D eigenvalue weighted by atomic mass is 15.1. The fraction of sp³-hybridized carbons (Fsp3) is 0. The summed E-state index contributed by atoms with van der Waals surface area (Å²) in [4.78, 5) is 7.79. The van der Waals surface area contributed by atoms with Gasteiger partial charge in [-0.1, -0.05) is 127 Å². The summed E-state index contributed by atoms with van der Waals surface area (Å²) in [5, 5.41) is 6.98. The van der Waals surface area contributed by atoms with Crippen LogP contribution in [-0.4, -0.2) is 13.7 Å². The first kappa shape index (κ1) is 30.7. The lowest BCUT2D eigenvalue weighted by atomic mass is 10.0. The van der Waals surface area contributed by atoms with Gasteiger partial charge >= 0.3 is 0 Å². The Bertz CT molecular complexity index is 3400. The first-order valence-corrected chi connectivity index (χ1v) is 18.3. The maximum absolute atomic E-state index is 8.26. The van der Waals surface area contributed by atoms with Crippen molar-refractivity contribution < 1.29 is 0 Å². The van der Waals surface area contributed by atoms with Crippen molar-refractivity contribution in [2.45, 2.75) is 0 Å². The second kappa shape index (κ2) is 11.8. The molecule has 5 nitrogen and oxygen atoms in total. The van der Waals surface area contributed by atoms with Crippen molar-refractivity contribution in [1.29, 1.82) is 0 Å². The first-order valence-electron chi connectivity index (χ1n) is 18.3. The summed E-state index contributed by atoms with van der Waals surface area (Å²) in [7, 11) is 0. The van der Waals surface area contributed by atoms with E-state index in [9.17, 15) is 0 Å². The quantitative estimate of drug-likeness (QED) is 0.163. The van der Waals surface area contributed by atoms with Gasteiger partial charge in [0.05, 0.1) is 52.1 Å². The van der Waals surface area contributed by atoms with Crippen molar-refractivity contribution in [2.24, 2.45) is 0 Å². The van der Waals surface area contributed by atoms with Crippen LogP contribution >= 0.6 is 0 Å². The fourth-order valence-electron chi connectivity index (χ4n) is 8.78. The molecule has 0 saturated carbocycles. The monoisotopic (exact) mass is 699 g/mol. The number of nitrogens with zero attached hydrogens (tertiary/aromatic N) is 5. The highest BCUT2D eigenvalue weighted by Gasteiger charge is 2.22. The van der Waals surface area contributed by atoms with E-state index in [0.29, 0.717) is 11.4 Å². The lowest BCUT2D eigenvalue weighted by molar-refractivity contribution is 1.13. The molecule has 0 bridgehead atoms. The molecule has 0 spiro atoms. The number of aromatic nitrogens is 3. The average Bonchev–Trinajstić information content (AvgIpc) is 3.89. The molecule has 0 unspecified atom stereocenters. The Morgan fingerprint density at radius 1 is 0.382 bits per heavy atom. The van der Waals surface area contributed by atoms with Gasteiger partial charge in [-0.05, 0) is 59.7 Å². The molecule has 0 fully saturated rings. The Balaban J connectivity index is 1.15. The van der Waals surface area contributed by atoms with E-state index in [1.807, 2.05) is 42.5 Å². The van der Waals surface area contributed by atoms with E-state index < -0.39 is 0 Å². The van der Waals surface area contributed by atoms with Gasteiger partial charge in [0.2, 0.25) is 5.69 Å². The van der Waals surface area contributed by atoms with E-state index in [0.717, 1.165) is 61.0 Å². The number of hydrogen-bond acceptors (Lipinski definition) is 0. The van der Waals surface area contributed by atoms with Crippen LogP contribution in [0.15, 0.2) is 176 Å². The van der Waals surface area contributed by atoms with E-state index in [-0.39, 0.29) is 0 Å². The molecule has 0 atom stereocenters. The van der Waals surface area contributed by atoms with Crippen LogP contribution in [0.5, 0.6) is 0 Å². The third-order valence-corrected chi connectivity index (χ3v) is 11.1. The summed E-state index contributed by atoms with van der Waals surface area (Å²) in [5.74, 6) is 0. The molecule has 0 radical (unpaired) electrons. The SMILES string of the molecule is [C-]#[N+]c1ccc2c3ccccc3n(-c3c([N+]#[C-])cccc3-c3ccc(-n4c5ccccc5c5cccc(-n6c7ccccc7c7ccccc76)c54)cc3)c2c1. The lowest BCUT2D eigenvalue weighted by Gasteiger charge is -2.17. The summed E-state index contributed by atoms with van der Waals surface area (Å²) in [5.41, 5.74) is 12.6. The Kier molecular flexibility index (Phi) is 6.61. The minimum Gasteiger partial charge on any atom is -0.320 e. The van der Waals surface area contributed by atoms with Gasteiger partial charge in [0.25, 0.3) is 0 Å². The highest BCUT2D eigenvalue weighted by Crippen LogP contribution is 2.43. The minimum absolute atomic E-state index is 0.552. The molecule has 8 aromatic carbocycles. The lowest BCUT2D eigenvalue weighted by Crippen LogP contribution is -2.01. The van der Waals surface area contributed by atoms with Gasteiger partial charge in [-0.3, -0.25) is 0 Å². The van der Waals surface area contributed by atoms with E-state index >= 15 is 0 Å². The van der Waals surface area contributed by atoms with Crippen LogP contribution in [0.4, 0.5) is 11.4 Å². The van der Waals surface area contributed by atoms with Gasteiger partial charge in [0.1, 0.15) is 0 Å². The van der Waals surface area contributed by atoms with Crippen molar-refractivity contribution in [3.05, 3.63) is 199 Å². The molecule has 0 saturated heterocycles. The maximum Gasteiger partial charge on any atom is 0.211 e. The van der Waals surface area contributed by atoms with Crippen molar-refractivity contribution in [1.82, 2.24) is 13.7 Å². The second-order valence-corrected chi connectivity index (χ2v) is 13.9. The Morgan fingerprint density at radius 3 is 1.53 bits per heavy atom. The summed E-state index contributed by atoms with van der Waals surface area (Å²) in [6, 6.07) is 61.4. The second-order valence-electron chi connectivity index (χ2n) is 13.9. The van der Waals surface area contributed by atoms with Crippen LogP contribution < -0.4 is 0 Å². The Hall–Kier alpha value is -7.86. The summed E-state index contributed by atoms with van der Waals surface area (Å²) < 4.78 is 6.97. The smallest absolute Gasteiger partial charge is 0.211 e. The summed E-state index contributed by atoms with van der Waals surface area (Å²) in [6.45, 7) is 16.0. The minimum atomic E-state index is 0.552. The van der Waals surface area contributed by atoms with Crippen molar-refractivity contribution >= 4 is 76.8 Å². The molecular formula is C50H29N5. The van der Waals surface area contributed by atoms with Gasteiger partial charge in [-0.2, -0.15) is 0 Å². The molecule has 3 aromatic heterocycles. The third-order valence-electron chi connectivity index (χ3n) is 11.1.